The molecule has 1 aromatic carbocycles. The van der Waals surface area contributed by atoms with Gasteiger partial charge in [0.05, 0.1) is 17.7 Å². The molecule has 0 spiro atoms. The molecular weight excluding hydrogens is 431 g/mol. The van der Waals surface area contributed by atoms with Gasteiger partial charge in [0, 0.05) is 32.6 Å². The second-order valence-corrected chi connectivity index (χ2v) is 7.43. The maximum absolute atomic E-state index is 13.4. The van der Waals surface area contributed by atoms with Crippen LogP contribution in [0.2, 0.25) is 5.02 Å². The first kappa shape index (κ1) is 22.4. The van der Waals surface area contributed by atoms with Crippen molar-refractivity contribution in [2.24, 2.45) is 12.9 Å². The van der Waals surface area contributed by atoms with Crippen LogP contribution < -0.4 is 16.1 Å². The van der Waals surface area contributed by atoms with Gasteiger partial charge in [-0.2, -0.15) is 0 Å². The number of fused-ring (bicyclic) bond motifs is 1. The summed E-state index contributed by atoms with van der Waals surface area (Å²) >= 11 is 5.82. The molecule has 3 rings (SSSR count). The van der Waals surface area contributed by atoms with Crippen molar-refractivity contribution in [3.8, 4) is 5.75 Å². The number of hydrogen-bond donors (Lipinski definition) is 1. The maximum Gasteiger partial charge on any atom is 0.294 e. The Morgan fingerprint density at radius 1 is 1.32 bits per heavy atom. The smallest absolute Gasteiger partial charge is 0.294 e. The predicted octanol–water partition coefficient (Wildman–Crippen LogP) is 1.25. The van der Waals surface area contributed by atoms with Crippen molar-refractivity contribution in [1.82, 2.24) is 14.5 Å². The molecule has 2 aromatic rings. The minimum atomic E-state index is -0.905. The van der Waals surface area contributed by atoms with Crippen LogP contribution >= 0.6 is 11.6 Å². The van der Waals surface area contributed by atoms with E-state index in [1.807, 2.05) is 0 Å². The summed E-state index contributed by atoms with van der Waals surface area (Å²) in [6.45, 7) is 1.41. The van der Waals surface area contributed by atoms with Gasteiger partial charge >= 0.3 is 0 Å². The molecule has 0 fully saturated rings. The molecule has 1 aliphatic rings. The van der Waals surface area contributed by atoms with Crippen LogP contribution in [0.25, 0.3) is 0 Å². The molecule has 0 aliphatic carbocycles. The summed E-state index contributed by atoms with van der Waals surface area (Å²) in [5.41, 5.74) is -0.0886. The number of pyridine rings is 1. The van der Waals surface area contributed by atoms with E-state index in [2.05, 4.69) is 0 Å². The van der Waals surface area contributed by atoms with Crippen molar-refractivity contribution in [2.75, 3.05) is 13.7 Å². The number of benzene rings is 1. The SMILES string of the molecule is COc1c2c(c(C(=O)N(N)C(C)=O)n(C)c1=O)CCN(Cc1ccc(F)c(Cl)c1)C2=O. The number of hydrogen-bond acceptors (Lipinski definition) is 6. The molecule has 0 radical (unpaired) electrons. The van der Waals surface area contributed by atoms with Crippen LogP contribution in [0, 0.1) is 5.82 Å². The van der Waals surface area contributed by atoms with E-state index < -0.39 is 29.1 Å². The fourth-order valence-corrected chi connectivity index (χ4v) is 3.73. The summed E-state index contributed by atoms with van der Waals surface area (Å²) in [6.07, 6.45) is 0.202. The van der Waals surface area contributed by atoms with Crippen LogP contribution in [0.4, 0.5) is 4.39 Å². The van der Waals surface area contributed by atoms with Gasteiger partial charge in [-0.3, -0.25) is 19.2 Å². The summed E-state index contributed by atoms with van der Waals surface area (Å²) in [6, 6.07) is 4.11. The number of carbonyl (C=O) groups excluding carboxylic acids is 3. The minimum Gasteiger partial charge on any atom is -0.490 e. The number of nitrogens with zero attached hydrogens (tertiary/aromatic N) is 3. The largest absolute Gasteiger partial charge is 0.490 e. The quantitative estimate of drug-likeness (QED) is 0.426. The number of carbonyl (C=O) groups is 3. The number of aromatic nitrogens is 1. The molecule has 9 nitrogen and oxygen atoms in total. The van der Waals surface area contributed by atoms with Gasteiger partial charge in [0.25, 0.3) is 17.4 Å². The first-order chi connectivity index (χ1) is 14.6. The number of amides is 3. The Morgan fingerprint density at radius 2 is 2.00 bits per heavy atom. The molecule has 3 amide bonds. The van der Waals surface area contributed by atoms with Crippen molar-refractivity contribution in [3.63, 3.8) is 0 Å². The zero-order valence-electron chi connectivity index (χ0n) is 17.1. The Morgan fingerprint density at radius 3 is 2.58 bits per heavy atom. The maximum atomic E-state index is 13.4. The Bertz CT molecular complexity index is 1160. The molecule has 0 saturated carbocycles. The van der Waals surface area contributed by atoms with Crippen molar-refractivity contribution in [1.29, 1.82) is 0 Å². The number of ether oxygens (including phenoxy) is 1. The number of halogens is 2. The molecule has 164 valence electrons. The lowest BCUT2D eigenvalue weighted by molar-refractivity contribution is -0.126. The van der Waals surface area contributed by atoms with E-state index in [9.17, 15) is 23.6 Å². The van der Waals surface area contributed by atoms with Crippen LogP contribution in [-0.4, -0.2) is 45.9 Å². The van der Waals surface area contributed by atoms with Crippen LogP contribution in [0.1, 0.15) is 38.9 Å². The van der Waals surface area contributed by atoms with Crippen LogP contribution in [0.3, 0.4) is 0 Å². The fourth-order valence-electron chi connectivity index (χ4n) is 3.52. The monoisotopic (exact) mass is 450 g/mol. The van der Waals surface area contributed by atoms with Gasteiger partial charge in [-0.05, 0) is 24.1 Å². The molecule has 1 aromatic heterocycles. The third kappa shape index (κ3) is 3.91. The number of nitrogens with two attached hydrogens (primary N) is 1. The lowest BCUT2D eigenvalue weighted by Crippen LogP contribution is -2.46. The Balaban J connectivity index is 2.10. The van der Waals surface area contributed by atoms with E-state index in [4.69, 9.17) is 22.2 Å². The van der Waals surface area contributed by atoms with Gasteiger partial charge in [-0.15, -0.1) is 0 Å². The lowest BCUT2D eigenvalue weighted by atomic mass is 9.95. The van der Waals surface area contributed by atoms with Gasteiger partial charge < -0.3 is 14.2 Å². The highest BCUT2D eigenvalue weighted by Gasteiger charge is 2.36. The molecule has 0 atom stereocenters. The molecule has 2 heterocycles. The molecule has 0 saturated heterocycles. The second kappa shape index (κ2) is 8.48. The topological polar surface area (TPSA) is 115 Å². The average Bonchev–Trinajstić information content (AvgIpc) is 2.73. The van der Waals surface area contributed by atoms with Crippen LogP contribution in [-0.2, 0) is 24.8 Å². The van der Waals surface area contributed by atoms with Gasteiger partial charge in [-0.25, -0.2) is 15.2 Å². The number of methoxy groups -OCH3 is 1. The molecule has 2 N–H and O–H groups in total. The summed E-state index contributed by atoms with van der Waals surface area (Å²) in [5, 5.41) is 0.313. The minimum absolute atomic E-state index is 0.0645. The zero-order chi connectivity index (χ0) is 23.0. The van der Waals surface area contributed by atoms with E-state index in [0.29, 0.717) is 10.6 Å². The van der Waals surface area contributed by atoms with Gasteiger partial charge in [0.15, 0.2) is 5.75 Å². The van der Waals surface area contributed by atoms with Crippen LogP contribution in [0.15, 0.2) is 23.0 Å². The highest BCUT2D eigenvalue weighted by Crippen LogP contribution is 2.30. The summed E-state index contributed by atoms with van der Waals surface area (Å²) in [4.78, 5) is 51.9. The molecule has 1 aliphatic heterocycles. The highest BCUT2D eigenvalue weighted by molar-refractivity contribution is 6.30. The van der Waals surface area contributed by atoms with Crippen LogP contribution in [0.5, 0.6) is 5.75 Å². The van der Waals surface area contributed by atoms with Gasteiger partial charge in [0.2, 0.25) is 5.91 Å². The number of hydrazine groups is 1. The molecule has 11 heteroatoms. The van der Waals surface area contributed by atoms with Gasteiger partial charge in [0.1, 0.15) is 11.5 Å². The van der Waals surface area contributed by atoms with E-state index in [0.717, 1.165) is 11.5 Å². The summed E-state index contributed by atoms with van der Waals surface area (Å²) < 4.78 is 19.7. The van der Waals surface area contributed by atoms with Gasteiger partial charge in [-0.1, -0.05) is 17.7 Å². The van der Waals surface area contributed by atoms with E-state index >= 15 is 0 Å². The third-order valence-corrected chi connectivity index (χ3v) is 5.39. The molecule has 0 bridgehead atoms. The number of rotatable bonds is 4. The van der Waals surface area contributed by atoms with Crippen molar-refractivity contribution in [2.45, 2.75) is 19.9 Å². The highest BCUT2D eigenvalue weighted by atomic mass is 35.5. The van der Waals surface area contributed by atoms with Crippen molar-refractivity contribution >= 4 is 29.3 Å². The Kier molecular flexibility index (Phi) is 6.14. The number of imide groups is 1. The standard InChI is InChI=1S/C20H20ClFN4O5/c1-10(27)26(23)19(29)16-12-6-7-25(9-11-4-5-14(22)13(21)8-11)18(28)15(12)17(31-3)20(30)24(16)2/h4-5,8H,6-7,9,23H2,1-3H3. The second-order valence-electron chi connectivity index (χ2n) is 7.02. The summed E-state index contributed by atoms with van der Waals surface area (Å²) in [5.74, 6) is 2.59. The molecule has 0 unspecified atom stereocenters. The first-order valence-corrected chi connectivity index (χ1v) is 9.59. The average molecular weight is 451 g/mol. The summed E-state index contributed by atoms with van der Waals surface area (Å²) in [7, 11) is 2.58. The third-order valence-electron chi connectivity index (χ3n) is 5.10. The fraction of sp³-hybridized carbons (Fsp3) is 0.300. The Labute approximate surface area is 181 Å². The predicted molar refractivity (Wildman–Crippen MR) is 109 cm³/mol. The van der Waals surface area contributed by atoms with E-state index in [1.165, 1.54) is 37.3 Å². The lowest BCUT2D eigenvalue weighted by Gasteiger charge is -2.31. The molecular formula is C20H20ClFN4O5. The normalized spacial score (nSPS) is 13.1. The van der Waals surface area contributed by atoms with Crippen molar-refractivity contribution in [3.05, 3.63) is 61.8 Å². The Hall–Kier alpha value is -3.24. The van der Waals surface area contributed by atoms with E-state index in [-0.39, 0.29) is 47.1 Å². The van der Waals surface area contributed by atoms with E-state index in [1.54, 1.807) is 0 Å². The first-order valence-electron chi connectivity index (χ1n) is 9.21. The van der Waals surface area contributed by atoms with Crippen molar-refractivity contribution < 1.29 is 23.5 Å². The zero-order valence-corrected chi connectivity index (χ0v) is 17.8. The molecule has 31 heavy (non-hydrogen) atoms.